The number of hydrogen-bond acceptors (Lipinski definition) is 2. The van der Waals surface area contributed by atoms with Crippen molar-refractivity contribution in [1.29, 1.82) is 0 Å². The molecule has 0 N–H and O–H groups in total. The average molecular weight is 485 g/mol. The van der Waals surface area contributed by atoms with Gasteiger partial charge in [0.1, 0.15) is 7.14 Å². The Labute approximate surface area is 180 Å². The van der Waals surface area contributed by atoms with Gasteiger partial charge < -0.3 is 9.13 Å². The zero-order chi connectivity index (χ0) is 20.7. The molecule has 0 spiro atoms. The molecule has 4 rings (SSSR count). The summed E-state index contributed by atoms with van der Waals surface area (Å²) in [6.07, 6.45) is 0.425. The fourth-order valence-corrected chi connectivity index (χ4v) is 14.5. The first-order chi connectivity index (χ1) is 13.8. The smallest absolute Gasteiger partial charge is 0.174 e. The first kappa shape index (κ1) is 20.6. The lowest BCUT2D eigenvalue weighted by Gasteiger charge is -2.27. The normalized spacial score (nSPS) is 24.7. The van der Waals surface area contributed by atoms with Gasteiger partial charge >= 0.3 is 0 Å². The van der Waals surface area contributed by atoms with Gasteiger partial charge in [-0.05, 0) is 19.4 Å². The lowest BCUT2D eigenvalue weighted by Crippen LogP contribution is -2.19. The zero-order valence-corrected chi connectivity index (χ0v) is 19.8. The number of alkyl halides is 1. The van der Waals surface area contributed by atoms with E-state index < -0.39 is 18.6 Å². The molecule has 0 saturated heterocycles. The van der Waals surface area contributed by atoms with Crippen molar-refractivity contribution in [2.45, 2.75) is 18.2 Å². The van der Waals surface area contributed by atoms with Gasteiger partial charge in [-0.2, -0.15) is 0 Å². The van der Waals surface area contributed by atoms with Gasteiger partial charge in [-0.1, -0.05) is 107 Å². The average Bonchev–Trinajstić information content (AvgIpc) is 2.94. The topological polar surface area (TPSA) is 34.1 Å². The van der Waals surface area contributed by atoms with E-state index in [1.165, 1.54) is 0 Å². The van der Waals surface area contributed by atoms with Crippen LogP contribution in [0.25, 0.3) is 0 Å². The predicted octanol–water partition coefficient (Wildman–Crippen LogP) is 6.09. The molecule has 5 heteroatoms. The van der Waals surface area contributed by atoms with Crippen LogP contribution in [0.5, 0.6) is 0 Å². The Morgan fingerprint density at radius 1 is 0.828 bits per heavy atom. The van der Waals surface area contributed by atoms with Crippen LogP contribution in [0.2, 0.25) is 0 Å². The molecule has 2 nitrogen and oxygen atoms in total. The van der Waals surface area contributed by atoms with E-state index in [4.69, 9.17) is 0 Å². The van der Waals surface area contributed by atoms with Crippen molar-refractivity contribution in [1.82, 2.24) is 0 Å². The molecule has 1 aliphatic heterocycles. The maximum atomic E-state index is 15.1. The highest BCUT2D eigenvalue weighted by molar-refractivity contribution is 9.10. The molecular weight excluding hydrogens is 462 g/mol. The van der Waals surface area contributed by atoms with Gasteiger partial charge in [0.05, 0.1) is 9.38 Å². The van der Waals surface area contributed by atoms with Crippen LogP contribution in [0.3, 0.4) is 0 Å². The van der Waals surface area contributed by atoms with Crippen LogP contribution in [0.15, 0.2) is 102 Å². The number of benzene rings is 3. The van der Waals surface area contributed by atoms with Crippen LogP contribution in [-0.4, -0.2) is 10.5 Å². The standard InChI is InChI=1S/C24H23BrO2P2/c1-19-23(28(26,18-24(19,2)25)20-12-6-3-7-13-20)29(27,21-14-8-4-9-15-21)22-16-10-5-11-17-22/h3-17H,18H2,1-2H3. The van der Waals surface area contributed by atoms with Crippen molar-refractivity contribution < 1.29 is 9.13 Å². The molecule has 0 fully saturated rings. The lowest BCUT2D eigenvalue weighted by atomic mass is 10.1. The van der Waals surface area contributed by atoms with Gasteiger partial charge in [0, 0.05) is 22.1 Å². The van der Waals surface area contributed by atoms with Crippen LogP contribution in [-0.2, 0) is 9.13 Å². The molecule has 0 aliphatic carbocycles. The maximum absolute atomic E-state index is 15.1. The summed E-state index contributed by atoms with van der Waals surface area (Å²) < 4.78 is 29.3. The Morgan fingerprint density at radius 3 is 1.69 bits per heavy atom. The quantitative estimate of drug-likeness (QED) is 0.331. The number of hydrogen-bond donors (Lipinski definition) is 0. The third-order valence-electron chi connectivity index (χ3n) is 5.69. The van der Waals surface area contributed by atoms with Gasteiger partial charge in [0.25, 0.3) is 0 Å². The minimum atomic E-state index is -3.31. The molecule has 29 heavy (non-hydrogen) atoms. The second-order valence-electron chi connectivity index (χ2n) is 7.66. The second-order valence-corrected chi connectivity index (χ2v) is 15.2. The van der Waals surface area contributed by atoms with E-state index in [-0.39, 0.29) is 0 Å². The van der Waals surface area contributed by atoms with E-state index in [9.17, 15) is 4.57 Å². The van der Waals surface area contributed by atoms with Gasteiger partial charge in [-0.3, -0.25) is 0 Å². The fraction of sp³-hybridized carbons (Fsp3) is 0.167. The number of rotatable bonds is 4. The molecular formula is C24H23BrO2P2. The largest absolute Gasteiger partial charge is 0.313 e. The SMILES string of the molecule is CC1=C(P(=O)(c2ccccc2)c2ccccc2)P(=O)(c2ccccc2)CC1(C)Br. The van der Waals surface area contributed by atoms with E-state index in [2.05, 4.69) is 15.9 Å². The molecule has 2 atom stereocenters. The van der Waals surface area contributed by atoms with Crippen LogP contribution in [0, 0.1) is 0 Å². The lowest BCUT2D eigenvalue weighted by molar-refractivity contribution is 0.583. The third-order valence-corrected chi connectivity index (χ3v) is 15.0. The zero-order valence-electron chi connectivity index (χ0n) is 16.5. The van der Waals surface area contributed by atoms with Crippen LogP contribution < -0.4 is 15.9 Å². The monoisotopic (exact) mass is 484 g/mol. The van der Waals surface area contributed by atoms with Crippen molar-refractivity contribution in [2.24, 2.45) is 0 Å². The Morgan fingerprint density at radius 2 is 1.24 bits per heavy atom. The highest BCUT2D eigenvalue weighted by atomic mass is 79.9. The van der Waals surface area contributed by atoms with Crippen LogP contribution >= 0.6 is 30.2 Å². The molecule has 0 saturated carbocycles. The van der Waals surface area contributed by atoms with E-state index in [0.717, 1.165) is 21.5 Å². The summed E-state index contributed by atoms with van der Waals surface area (Å²) in [6, 6.07) is 28.6. The summed E-state index contributed by atoms with van der Waals surface area (Å²) in [5.41, 5.74) is 0.917. The first-order valence-electron chi connectivity index (χ1n) is 9.57. The van der Waals surface area contributed by atoms with Crippen LogP contribution in [0.1, 0.15) is 13.8 Å². The molecule has 2 unspecified atom stereocenters. The third kappa shape index (κ3) is 3.34. The van der Waals surface area contributed by atoms with Crippen molar-refractivity contribution in [3.05, 3.63) is 102 Å². The highest BCUT2D eigenvalue weighted by Crippen LogP contribution is 2.77. The molecule has 148 valence electrons. The minimum absolute atomic E-state index is 0.425. The van der Waals surface area contributed by atoms with Gasteiger partial charge in [-0.25, -0.2) is 0 Å². The molecule has 1 heterocycles. The fourth-order valence-electron chi connectivity index (χ4n) is 4.13. The Kier molecular flexibility index (Phi) is 5.36. The molecule has 1 aliphatic rings. The van der Waals surface area contributed by atoms with E-state index in [1.54, 1.807) is 0 Å². The predicted molar refractivity (Wildman–Crippen MR) is 128 cm³/mol. The van der Waals surface area contributed by atoms with Crippen molar-refractivity contribution in [3.8, 4) is 0 Å². The molecule has 0 radical (unpaired) electrons. The summed E-state index contributed by atoms with van der Waals surface area (Å²) in [6.45, 7) is 4.01. The van der Waals surface area contributed by atoms with Crippen molar-refractivity contribution in [2.75, 3.05) is 6.16 Å². The van der Waals surface area contributed by atoms with Crippen molar-refractivity contribution >= 4 is 46.1 Å². The summed E-state index contributed by atoms with van der Waals surface area (Å²) in [5, 5.41) is 2.83. The minimum Gasteiger partial charge on any atom is -0.313 e. The molecule has 0 amide bonds. The van der Waals surface area contributed by atoms with Crippen LogP contribution in [0.4, 0.5) is 0 Å². The second kappa shape index (κ2) is 7.55. The Hall–Kier alpha value is -1.66. The summed E-state index contributed by atoms with van der Waals surface area (Å²) >= 11 is 3.81. The maximum Gasteiger partial charge on any atom is 0.174 e. The number of allylic oxidation sites excluding steroid dienone is 1. The molecule has 3 aromatic rings. The van der Waals surface area contributed by atoms with Gasteiger partial charge in [0.2, 0.25) is 0 Å². The summed E-state index contributed by atoms with van der Waals surface area (Å²) in [7, 11) is -6.40. The summed E-state index contributed by atoms with van der Waals surface area (Å²) in [5.74, 6) is 0. The van der Waals surface area contributed by atoms with E-state index in [1.807, 2.05) is 105 Å². The van der Waals surface area contributed by atoms with E-state index in [0.29, 0.717) is 11.2 Å². The number of halogens is 1. The summed E-state index contributed by atoms with van der Waals surface area (Å²) in [4.78, 5) is 0. The highest BCUT2D eigenvalue weighted by Gasteiger charge is 2.54. The molecule has 0 aromatic heterocycles. The van der Waals surface area contributed by atoms with Gasteiger partial charge in [0.15, 0.2) is 7.14 Å². The van der Waals surface area contributed by atoms with Crippen molar-refractivity contribution in [3.63, 3.8) is 0 Å². The van der Waals surface area contributed by atoms with E-state index >= 15 is 4.57 Å². The molecule has 0 bridgehead atoms. The van der Waals surface area contributed by atoms with Gasteiger partial charge in [-0.15, -0.1) is 0 Å². The first-order valence-corrected chi connectivity index (χ1v) is 14.0. The Balaban J connectivity index is 2.09. The Bertz CT molecular complexity index is 1110. The molecule has 3 aromatic carbocycles.